The van der Waals surface area contributed by atoms with Gasteiger partial charge in [0.05, 0.1) is 12.7 Å². The summed E-state index contributed by atoms with van der Waals surface area (Å²) in [5.41, 5.74) is 0. The van der Waals surface area contributed by atoms with Gasteiger partial charge < -0.3 is 4.90 Å². The Kier molecular flexibility index (Phi) is 4.08. The lowest BCUT2D eigenvalue weighted by atomic mass is 9.86. The molecule has 1 saturated carbocycles. The van der Waals surface area contributed by atoms with E-state index in [1.165, 1.54) is 25.7 Å². The Morgan fingerprint density at radius 1 is 1.41 bits per heavy atom. The van der Waals surface area contributed by atoms with Crippen molar-refractivity contribution in [1.82, 2.24) is 10.2 Å². The van der Waals surface area contributed by atoms with Gasteiger partial charge in [0.15, 0.2) is 0 Å². The Morgan fingerprint density at radius 3 is 2.82 bits per heavy atom. The molecular weight excluding hydrogens is 212 g/mol. The first-order valence-corrected chi connectivity index (χ1v) is 7.11. The van der Waals surface area contributed by atoms with Crippen LogP contribution < -0.4 is 5.32 Å². The lowest BCUT2D eigenvalue weighted by Crippen LogP contribution is -2.41. The van der Waals surface area contributed by atoms with Crippen LogP contribution in [-0.2, 0) is 4.79 Å². The van der Waals surface area contributed by atoms with Crippen molar-refractivity contribution in [3.05, 3.63) is 0 Å². The number of amides is 1. The summed E-state index contributed by atoms with van der Waals surface area (Å²) >= 11 is 0. The maximum atomic E-state index is 12.3. The number of hydrogen-bond acceptors (Lipinski definition) is 2. The molecular formula is C14H26N2O. The van der Waals surface area contributed by atoms with Crippen molar-refractivity contribution in [2.45, 2.75) is 65.0 Å². The Bertz CT molecular complexity index is 277. The second-order valence-electron chi connectivity index (χ2n) is 6.28. The summed E-state index contributed by atoms with van der Waals surface area (Å²) < 4.78 is 0. The van der Waals surface area contributed by atoms with E-state index in [0.29, 0.717) is 17.9 Å². The highest BCUT2D eigenvalue weighted by atomic mass is 16.2. The van der Waals surface area contributed by atoms with E-state index in [-0.39, 0.29) is 6.04 Å². The average Bonchev–Trinajstić information content (AvgIpc) is 2.60. The highest BCUT2D eigenvalue weighted by Crippen LogP contribution is 2.29. The topological polar surface area (TPSA) is 32.3 Å². The van der Waals surface area contributed by atoms with E-state index in [4.69, 9.17) is 0 Å². The van der Waals surface area contributed by atoms with Gasteiger partial charge in [0.2, 0.25) is 5.91 Å². The quantitative estimate of drug-likeness (QED) is 0.818. The van der Waals surface area contributed by atoms with Gasteiger partial charge in [-0.3, -0.25) is 10.1 Å². The molecule has 0 aromatic heterocycles. The van der Waals surface area contributed by atoms with Crippen LogP contribution in [0.15, 0.2) is 0 Å². The molecule has 3 nitrogen and oxygen atoms in total. The van der Waals surface area contributed by atoms with Crippen LogP contribution in [0.3, 0.4) is 0 Å². The summed E-state index contributed by atoms with van der Waals surface area (Å²) in [5, 5.41) is 3.38. The zero-order chi connectivity index (χ0) is 12.4. The Morgan fingerprint density at radius 2 is 2.18 bits per heavy atom. The molecule has 1 aliphatic heterocycles. The molecule has 0 radical (unpaired) electrons. The van der Waals surface area contributed by atoms with E-state index < -0.39 is 0 Å². The van der Waals surface area contributed by atoms with Crippen LogP contribution in [0, 0.1) is 11.8 Å². The number of nitrogens with zero attached hydrogens (tertiary/aromatic N) is 1. The first-order chi connectivity index (χ1) is 8.08. The van der Waals surface area contributed by atoms with Gasteiger partial charge in [-0.15, -0.1) is 0 Å². The predicted molar refractivity (Wildman–Crippen MR) is 69.5 cm³/mol. The fourth-order valence-electron chi connectivity index (χ4n) is 3.22. The highest BCUT2D eigenvalue weighted by molar-refractivity contribution is 5.84. The SMILES string of the molecule is CC(C)CC1NCN(C2CCCC(C)C2)C1=O. The standard InChI is InChI=1S/C14H26N2O/c1-10(2)7-13-14(17)16(9-15-13)12-6-4-5-11(3)8-12/h10-13,15H,4-9H2,1-3H3. The van der Waals surface area contributed by atoms with E-state index in [0.717, 1.165) is 19.0 Å². The van der Waals surface area contributed by atoms with Crippen molar-refractivity contribution in [2.24, 2.45) is 11.8 Å². The molecule has 1 amide bonds. The summed E-state index contributed by atoms with van der Waals surface area (Å²) in [4.78, 5) is 14.4. The Labute approximate surface area is 105 Å². The van der Waals surface area contributed by atoms with Gasteiger partial charge in [0, 0.05) is 6.04 Å². The minimum Gasteiger partial charge on any atom is -0.326 e. The summed E-state index contributed by atoms with van der Waals surface area (Å²) in [5.74, 6) is 1.71. The average molecular weight is 238 g/mol. The van der Waals surface area contributed by atoms with Crippen molar-refractivity contribution in [2.75, 3.05) is 6.67 Å². The number of carbonyl (C=O) groups is 1. The largest absolute Gasteiger partial charge is 0.326 e. The van der Waals surface area contributed by atoms with E-state index in [1.807, 2.05) is 0 Å². The normalized spacial score (nSPS) is 34.7. The minimum absolute atomic E-state index is 0.0761. The number of carbonyl (C=O) groups excluding carboxylic acids is 1. The fourth-order valence-corrected chi connectivity index (χ4v) is 3.22. The monoisotopic (exact) mass is 238 g/mol. The van der Waals surface area contributed by atoms with Crippen LogP contribution in [0.1, 0.15) is 52.9 Å². The second-order valence-corrected chi connectivity index (χ2v) is 6.28. The summed E-state index contributed by atoms with van der Waals surface area (Å²) in [7, 11) is 0. The maximum Gasteiger partial charge on any atom is 0.241 e. The van der Waals surface area contributed by atoms with Gasteiger partial charge in [-0.05, 0) is 31.1 Å². The zero-order valence-electron chi connectivity index (χ0n) is 11.4. The van der Waals surface area contributed by atoms with Crippen LogP contribution in [-0.4, -0.2) is 29.6 Å². The molecule has 1 aliphatic carbocycles. The number of nitrogens with one attached hydrogen (secondary N) is 1. The molecule has 0 spiro atoms. The van der Waals surface area contributed by atoms with Crippen LogP contribution in [0.2, 0.25) is 0 Å². The van der Waals surface area contributed by atoms with E-state index in [2.05, 4.69) is 31.0 Å². The number of rotatable bonds is 3. The first-order valence-electron chi connectivity index (χ1n) is 7.11. The van der Waals surface area contributed by atoms with Gasteiger partial charge in [-0.1, -0.05) is 33.6 Å². The molecule has 3 unspecified atom stereocenters. The van der Waals surface area contributed by atoms with Crippen molar-refractivity contribution >= 4 is 5.91 Å². The third kappa shape index (κ3) is 3.01. The third-order valence-corrected chi connectivity index (χ3v) is 4.15. The molecule has 3 heteroatoms. The fraction of sp³-hybridized carbons (Fsp3) is 0.929. The minimum atomic E-state index is 0.0761. The molecule has 3 atom stereocenters. The molecule has 1 heterocycles. The van der Waals surface area contributed by atoms with Crippen molar-refractivity contribution in [1.29, 1.82) is 0 Å². The lowest BCUT2D eigenvalue weighted by molar-refractivity contribution is -0.131. The molecule has 17 heavy (non-hydrogen) atoms. The maximum absolute atomic E-state index is 12.3. The van der Waals surface area contributed by atoms with Crippen molar-refractivity contribution < 1.29 is 4.79 Å². The van der Waals surface area contributed by atoms with Crippen LogP contribution in [0.5, 0.6) is 0 Å². The first kappa shape index (κ1) is 12.9. The second kappa shape index (κ2) is 5.38. The van der Waals surface area contributed by atoms with Crippen molar-refractivity contribution in [3.63, 3.8) is 0 Å². The van der Waals surface area contributed by atoms with Crippen LogP contribution in [0.4, 0.5) is 0 Å². The van der Waals surface area contributed by atoms with Gasteiger partial charge in [0.25, 0.3) is 0 Å². The number of hydrogen-bond donors (Lipinski definition) is 1. The molecule has 1 N–H and O–H groups in total. The van der Waals surface area contributed by atoms with E-state index >= 15 is 0 Å². The molecule has 1 saturated heterocycles. The van der Waals surface area contributed by atoms with Crippen LogP contribution >= 0.6 is 0 Å². The molecule has 98 valence electrons. The lowest BCUT2D eigenvalue weighted by Gasteiger charge is -2.33. The molecule has 0 bridgehead atoms. The van der Waals surface area contributed by atoms with Gasteiger partial charge in [0.1, 0.15) is 0 Å². The molecule has 2 fully saturated rings. The van der Waals surface area contributed by atoms with Crippen LogP contribution in [0.25, 0.3) is 0 Å². The van der Waals surface area contributed by atoms with Gasteiger partial charge in [-0.2, -0.15) is 0 Å². The van der Waals surface area contributed by atoms with E-state index in [1.54, 1.807) is 0 Å². The summed E-state index contributed by atoms with van der Waals surface area (Å²) in [6.45, 7) is 7.44. The smallest absolute Gasteiger partial charge is 0.241 e. The predicted octanol–water partition coefficient (Wildman–Crippen LogP) is 2.37. The van der Waals surface area contributed by atoms with Gasteiger partial charge >= 0.3 is 0 Å². The van der Waals surface area contributed by atoms with Gasteiger partial charge in [-0.25, -0.2) is 0 Å². The summed E-state index contributed by atoms with van der Waals surface area (Å²) in [6.07, 6.45) is 5.98. The Balaban J connectivity index is 1.92. The molecule has 0 aromatic rings. The summed E-state index contributed by atoms with van der Waals surface area (Å²) in [6, 6.07) is 0.572. The third-order valence-electron chi connectivity index (χ3n) is 4.15. The molecule has 0 aromatic carbocycles. The van der Waals surface area contributed by atoms with Crippen molar-refractivity contribution in [3.8, 4) is 0 Å². The Hall–Kier alpha value is -0.570. The van der Waals surface area contributed by atoms with E-state index in [9.17, 15) is 4.79 Å². The zero-order valence-corrected chi connectivity index (χ0v) is 11.4. The highest BCUT2D eigenvalue weighted by Gasteiger charge is 2.36. The molecule has 2 aliphatic rings. The molecule has 2 rings (SSSR count).